The van der Waals surface area contributed by atoms with Crippen LogP contribution in [0.2, 0.25) is 0 Å². The van der Waals surface area contributed by atoms with E-state index in [4.69, 9.17) is 0 Å². The first-order chi connectivity index (χ1) is 11.7. The van der Waals surface area contributed by atoms with Crippen LogP contribution in [0.1, 0.15) is 26.3 Å². The summed E-state index contributed by atoms with van der Waals surface area (Å²) >= 11 is 0. The van der Waals surface area contributed by atoms with Crippen molar-refractivity contribution in [2.24, 2.45) is 4.99 Å². The number of carbonyl (C=O) groups is 1. The summed E-state index contributed by atoms with van der Waals surface area (Å²) in [7, 11) is 5.85. The lowest BCUT2D eigenvalue weighted by atomic mass is 10.1. The molecule has 148 valence electrons. The van der Waals surface area contributed by atoms with Crippen LogP contribution in [0.4, 0.5) is 0 Å². The summed E-state index contributed by atoms with van der Waals surface area (Å²) in [5, 5.41) is 9.29. The Bertz CT molecular complexity index is 555. The van der Waals surface area contributed by atoms with Crippen LogP contribution in [-0.4, -0.2) is 62.6 Å². The summed E-state index contributed by atoms with van der Waals surface area (Å²) in [5.41, 5.74) is 1.07. The van der Waals surface area contributed by atoms with Crippen LogP contribution < -0.4 is 16.0 Å². The maximum absolute atomic E-state index is 11.9. The van der Waals surface area contributed by atoms with Gasteiger partial charge in [0.2, 0.25) is 5.91 Å². The average Bonchev–Trinajstić information content (AvgIpc) is 2.52. The predicted molar refractivity (Wildman–Crippen MR) is 120 cm³/mol. The van der Waals surface area contributed by atoms with Gasteiger partial charge >= 0.3 is 0 Å². The molecular weight excluding hydrogens is 441 g/mol. The summed E-state index contributed by atoms with van der Waals surface area (Å²) in [4.78, 5) is 18.3. The highest BCUT2D eigenvalue weighted by atomic mass is 127. The van der Waals surface area contributed by atoms with Crippen molar-refractivity contribution in [1.29, 1.82) is 0 Å². The number of amides is 1. The molecule has 0 spiro atoms. The van der Waals surface area contributed by atoms with Gasteiger partial charge in [-0.05, 0) is 46.9 Å². The van der Waals surface area contributed by atoms with Crippen molar-refractivity contribution in [1.82, 2.24) is 20.9 Å². The van der Waals surface area contributed by atoms with E-state index in [1.807, 2.05) is 26.8 Å². The average molecular weight is 475 g/mol. The molecule has 0 aromatic heterocycles. The number of benzene rings is 1. The fraction of sp³-hybridized carbons (Fsp3) is 0.579. The lowest BCUT2D eigenvalue weighted by molar-refractivity contribution is -0.121. The van der Waals surface area contributed by atoms with E-state index in [0.29, 0.717) is 12.0 Å². The molecule has 0 aliphatic heterocycles. The van der Waals surface area contributed by atoms with Gasteiger partial charge in [0.1, 0.15) is 0 Å². The van der Waals surface area contributed by atoms with E-state index < -0.39 is 0 Å². The van der Waals surface area contributed by atoms with E-state index in [9.17, 15) is 4.79 Å². The van der Waals surface area contributed by atoms with Crippen LogP contribution in [0.15, 0.2) is 35.3 Å². The Kier molecular flexibility index (Phi) is 11.5. The van der Waals surface area contributed by atoms with Gasteiger partial charge in [-0.15, -0.1) is 24.0 Å². The molecule has 6 nitrogen and oxygen atoms in total. The molecule has 0 bridgehead atoms. The Morgan fingerprint density at radius 1 is 1.15 bits per heavy atom. The number of hydrogen-bond donors (Lipinski definition) is 3. The third kappa shape index (κ3) is 10.6. The van der Waals surface area contributed by atoms with E-state index >= 15 is 0 Å². The number of likely N-dealkylation sites (N-methyl/N-ethyl adjacent to an activating group) is 1. The molecule has 0 fully saturated rings. The first kappa shape index (κ1) is 24.7. The number of nitrogens with zero attached hydrogens (tertiary/aromatic N) is 2. The smallest absolute Gasteiger partial charge is 0.239 e. The van der Waals surface area contributed by atoms with Crippen molar-refractivity contribution in [3.8, 4) is 0 Å². The highest BCUT2D eigenvalue weighted by Gasteiger charge is 2.15. The van der Waals surface area contributed by atoms with E-state index in [0.717, 1.165) is 13.0 Å². The van der Waals surface area contributed by atoms with Gasteiger partial charge in [0.05, 0.1) is 6.54 Å². The third-order valence-corrected chi connectivity index (χ3v) is 3.70. The minimum atomic E-state index is -0.235. The van der Waals surface area contributed by atoms with E-state index in [2.05, 4.69) is 64.2 Å². The second-order valence-corrected chi connectivity index (χ2v) is 7.41. The minimum Gasteiger partial charge on any atom is -0.355 e. The van der Waals surface area contributed by atoms with Gasteiger partial charge in [-0.1, -0.05) is 30.3 Å². The van der Waals surface area contributed by atoms with Gasteiger partial charge in [0.25, 0.3) is 0 Å². The van der Waals surface area contributed by atoms with Crippen LogP contribution in [0.25, 0.3) is 0 Å². The van der Waals surface area contributed by atoms with Crippen molar-refractivity contribution in [2.75, 3.05) is 34.2 Å². The molecule has 0 saturated carbocycles. The summed E-state index contributed by atoms with van der Waals surface area (Å²) < 4.78 is 0. The van der Waals surface area contributed by atoms with Crippen LogP contribution in [0, 0.1) is 0 Å². The zero-order chi connectivity index (χ0) is 18.9. The van der Waals surface area contributed by atoms with Crippen LogP contribution in [-0.2, 0) is 11.2 Å². The molecule has 1 rings (SSSR count). The zero-order valence-corrected chi connectivity index (χ0v) is 19.1. The Labute approximate surface area is 175 Å². The van der Waals surface area contributed by atoms with Gasteiger partial charge in [-0.3, -0.25) is 9.79 Å². The highest BCUT2D eigenvalue weighted by molar-refractivity contribution is 14.0. The van der Waals surface area contributed by atoms with Crippen molar-refractivity contribution in [3.63, 3.8) is 0 Å². The van der Waals surface area contributed by atoms with Crippen molar-refractivity contribution in [2.45, 2.75) is 38.8 Å². The lowest BCUT2D eigenvalue weighted by Gasteiger charge is -2.26. The largest absolute Gasteiger partial charge is 0.355 e. The standard InChI is InChI=1S/C19H33N5O.HI/c1-19(2,3)23-17(25)14-22-18(20-4)21-13-16(24(5)6)12-15-10-8-7-9-11-15;/h7-11,16H,12-14H2,1-6H3,(H,23,25)(H2,20,21,22);1H. The molecule has 26 heavy (non-hydrogen) atoms. The molecule has 1 amide bonds. The molecule has 0 heterocycles. The molecular formula is C19H34IN5O. The topological polar surface area (TPSA) is 68.8 Å². The van der Waals surface area contributed by atoms with Crippen LogP contribution in [0.3, 0.4) is 0 Å². The number of halogens is 1. The monoisotopic (exact) mass is 475 g/mol. The predicted octanol–water partition coefficient (Wildman–Crippen LogP) is 1.86. The van der Waals surface area contributed by atoms with E-state index in [1.54, 1.807) is 7.05 Å². The molecule has 3 N–H and O–H groups in total. The molecule has 0 aliphatic carbocycles. The van der Waals surface area contributed by atoms with Crippen molar-refractivity contribution in [3.05, 3.63) is 35.9 Å². The molecule has 1 aromatic carbocycles. The number of guanidine groups is 1. The quantitative estimate of drug-likeness (QED) is 0.320. The number of rotatable bonds is 7. The number of nitrogens with one attached hydrogen (secondary N) is 3. The van der Waals surface area contributed by atoms with Crippen LogP contribution in [0.5, 0.6) is 0 Å². The molecule has 0 radical (unpaired) electrons. The Morgan fingerprint density at radius 3 is 2.27 bits per heavy atom. The second kappa shape index (κ2) is 12.1. The molecule has 1 atom stereocenters. The third-order valence-electron chi connectivity index (χ3n) is 3.70. The van der Waals surface area contributed by atoms with Gasteiger partial charge in [0.15, 0.2) is 5.96 Å². The van der Waals surface area contributed by atoms with E-state index in [1.165, 1.54) is 5.56 Å². The summed E-state index contributed by atoms with van der Waals surface area (Å²) in [5.74, 6) is 0.577. The zero-order valence-electron chi connectivity index (χ0n) is 16.8. The highest BCUT2D eigenvalue weighted by Crippen LogP contribution is 2.06. The molecule has 1 unspecified atom stereocenters. The Hall–Kier alpha value is -1.35. The molecule has 1 aromatic rings. The number of carbonyl (C=O) groups excluding carboxylic acids is 1. The molecule has 0 saturated heterocycles. The summed E-state index contributed by atoms with van der Waals surface area (Å²) in [6.07, 6.45) is 0.947. The van der Waals surface area contributed by atoms with Gasteiger partial charge in [0, 0.05) is 25.2 Å². The van der Waals surface area contributed by atoms with E-state index in [-0.39, 0.29) is 42.0 Å². The van der Waals surface area contributed by atoms with Gasteiger partial charge in [-0.2, -0.15) is 0 Å². The first-order valence-corrected chi connectivity index (χ1v) is 8.67. The number of hydrogen-bond acceptors (Lipinski definition) is 3. The molecule has 7 heteroatoms. The minimum absolute atomic E-state index is 0. The fourth-order valence-corrected chi connectivity index (χ4v) is 2.39. The van der Waals surface area contributed by atoms with Gasteiger partial charge < -0.3 is 20.9 Å². The normalized spacial score (nSPS) is 13.0. The second-order valence-electron chi connectivity index (χ2n) is 7.41. The lowest BCUT2D eigenvalue weighted by Crippen LogP contribution is -2.50. The maximum Gasteiger partial charge on any atom is 0.239 e. The first-order valence-electron chi connectivity index (χ1n) is 8.67. The Morgan fingerprint density at radius 2 is 1.77 bits per heavy atom. The van der Waals surface area contributed by atoms with Crippen LogP contribution >= 0.6 is 24.0 Å². The summed E-state index contributed by atoms with van der Waals surface area (Å²) in [6, 6.07) is 10.7. The van der Waals surface area contributed by atoms with Gasteiger partial charge in [-0.25, -0.2) is 0 Å². The Balaban J connectivity index is 0.00000625. The van der Waals surface area contributed by atoms with Crippen molar-refractivity contribution >= 4 is 35.8 Å². The number of aliphatic imine (C=N–C) groups is 1. The SMILES string of the molecule is CN=C(NCC(=O)NC(C)(C)C)NCC(Cc1ccccc1)N(C)C.I. The van der Waals surface area contributed by atoms with Crippen molar-refractivity contribution < 1.29 is 4.79 Å². The fourth-order valence-electron chi connectivity index (χ4n) is 2.39. The summed E-state index contributed by atoms with van der Waals surface area (Å²) in [6.45, 7) is 6.82. The molecule has 0 aliphatic rings. The maximum atomic E-state index is 11.9.